The summed E-state index contributed by atoms with van der Waals surface area (Å²) in [6.07, 6.45) is 1.47. The molecule has 0 spiro atoms. The number of furan rings is 1. The van der Waals surface area contributed by atoms with Gasteiger partial charge in [-0.25, -0.2) is 0 Å². The summed E-state index contributed by atoms with van der Waals surface area (Å²) < 4.78 is 10.8. The van der Waals surface area contributed by atoms with Crippen LogP contribution in [0, 0.1) is 6.92 Å². The highest BCUT2D eigenvalue weighted by atomic mass is 16.5. The van der Waals surface area contributed by atoms with E-state index >= 15 is 0 Å². The molecule has 1 N–H and O–H groups in total. The van der Waals surface area contributed by atoms with Gasteiger partial charge in [-0.3, -0.25) is 14.5 Å². The molecule has 1 aliphatic rings. The molecule has 144 valence electrons. The molecule has 0 atom stereocenters. The number of piperazine rings is 1. The van der Waals surface area contributed by atoms with Gasteiger partial charge in [-0.1, -0.05) is 18.2 Å². The van der Waals surface area contributed by atoms with Gasteiger partial charge in [0.05, 0.1) is 18.4 Å². The Hall–Kier alpha value is -2.80. The van der Waals surface area contributed by atoms with Crippen LogP contribution in [0.1, 0.15) is 16.1 Å². The van der Waals surface area contributed by atoms with E-state index in [1.54, 1.807) is 17.9 Å². The van der Waals surface area contributed by atoms with E-state index in [2.05, 4.69) is 10.2 Å². The molecule has 1 aromatic carbocycles. The van der Waals surface area contributed by atoms with Gasteiger partial charge in [-0.05, 0) is 25.1 Å². The van der Waals surface area contributed by atoms with Crippen molar-refractivity contribution in [1.82, 2.24) is 15.1 Å². The van der Waals surface area contributed by atoms with Crippen LogP contribution in [0.2, 0.25) is 0 Å². The molecule has 1 fully saturated rings. The predicted molar refractivity (Wildman–Crippen MR) is 101 cm³/mol. The fourth-order valence-electron chi connectivity index (χ4n) is 3.01. The summed E-state index contributed by atoms with van der Waals surface area (Å²) in [6.45, 7) is 6.09. The van der Waals surface area contributed by atoms with E-state index in [9.17, 15) is 9.59 Å². The van der Waals surface area contributed by atoms with Crippen LogP contribution >= 0.6 is 0 Å². The molecule has 1 aromatic heterocycles. The Morgan fingerprint density at radius 3 is 2.52 bits per heavy atom. The second-order valence-corrected chi connectivity index (χ2v) is 6.46. The highest BCUT2D eigenvalue weighted by Gasteiger charge is 2.21. The first-order valence-corrected chi connectivity index (χ1v) is 9.14. The van der Waals surface area contributed by atoms with Crippen molar-refractivity contribution in [1.29, 1.82) is 0 Å². The van der Waals surface area contributed by atoms with Gasteiger partial charge in [0.1, 0.15) is 18.1 Å². The van der Waals surface area contributed by atoms with Crippen molar-refractivity contribution in [2.24, 2.45) is 0 Å². The second kappa shape index (κ2) is 9.23. The third-order valence-corrected chi connectivity index (χ3v) is 4.65. The molecule has 7 heteroatoms. The zero-order valence-corrected chi connectivity index (χ0v) is 15.5. The van der Waals surface area contributed by atoms with Gasteiger partial charge in [0.2, 0.25) is 5.91 Å². The van der Waals surface area contributed by atoms with Gasteiger partial charge in [-0.15, -0.1) is 0 Å². The Morgan fingerprint density at radius 2 is 1.85 bits per heavy atom. The van der Waals surface area contributed by atoms with Gasteiger partial charge in [-0.2, -0.15) is 0 Å². The number of carbonyl (C=O) groups excluding carboxylic acids is 2. The summed E-state index contributed by atoms with van der Waals surface area (Å²) in [4.78, 5) is 28.4. The van der Waals surface area contributed by atoms with Gasteiger partial charge >= 0.3 is 0 Å². The standard InChI is InChI=1S/C20H25N3O4/c1-16-18(7-13-26-16)20(25)21-15-19(24)23-10-8-22(9-11-23)12-14-27-17-5-3-2-4-6-17/h2-7,13H,8-12,14-15H2,1H3,(H,21,25). The smallest absolute Gasteiger partial charge is 0.255 e. The maximum absolute atomic E-state index is 12.3. The second-order valence-electron chi connectivity index (χ2n) is 6.46. The predicted octanol–water partition coefficient (Wildman–Crippen LogP) is 1.54. The van der Waals surface area contributed by atoms with Crippen LogP contribution in [0.3, 0.4) is 0 Å². The van der Waals surface area contributed by atoms with Gasteiger partial charge < -0.3 is 19.4 Å². The highest BCUT2D eigenvalue weighted by molar-refractivity contribution is 5.97. The SMILES string of the molecule is Cc1occc1C(=O)NCC(=O)N1CCN(CCOc2ccccc2)CC1. The Kier molecular flexibility index (Phi) is 6.49. The number of hydrogen-bond donors (Lipinski definition) is 1. The average molecular weight is 371 g/mol. The number of rotatable bonds is 7. The Labute approximate surface area is 158 Å². The summed E-state index contributed by atoms with van der Waals surface area (Å²) >= 11 is 0. The molecule has 1 saturated heterocycles. The van der Waals surface area contributed by atoms with Crippen molar-refractivity contribution in [3.63, 3.8) is 0 Å². The number of nitrogens with one attached hydrogen (secondary N) is 1. The van der Waals surface area contributed by atoms with Crippen LogP contribution in [0.5, 0.6) is 5.75 Å². The minimum Gasteiger partial charge on any atom is -0.492 e. The summed E-state index contributed by atoms with van der Waals surface area (Å²) in [5, 5.41) is 2.66. The molecule has 2 amide bonds. The molecular formula is C20H25N3O4. The van der Waals surface area contributed by atoms with E-state index in [1.165, 1.54) is 6.26 Å². The molecule has 0 unspecified atom stereocenters. The van der Waals surface area contributed by atoms with Gasteiger partial charge in [0.25, 0.3) is 5.91 Å². The lowest BCUT2D eigenvalue weighted by Crippen LogP contribution is -2.51. The molecule has 3 rings (SSSR count). The molecule has 27 heavy (non-hydrogen) atoms. The monoisotopic (exact) mass is 371 g/mol. The van der Waals surface area contributed by atoms with E-state index < -0.39 is 0 Å². The molecule has 0 bridgehead atoms. The topological polar surface area (TPSA) is 75.0 Å². The van der Waals surface area contributed by atoms with Crippen LogP contribution in [0.4, 0.5) is 0 Å². The molecule has 2 heterocycles. The third kappa shape index (κ3) is 5.34. The lowest BCUT2D eigenvalue weighted by atomic mass is 10.2. The molecule has 0 aliphatic carbocycles. The first-order chi connectivity index (χ1) is 13.1. The molecule has 7 nitrogen and oxygen atoms in total. The number of benzene rings is 1. The van der Waals surface area contributed by atoms with E-state index in [4.69, 9.17) is 9.15 Å². The van der Waals surface area contributed by atoms with Crippen molar-refractivity contribution >= 4 is 11.8 Å². The number of aryl methyl sites for hydroxylation is 1. The lowest BCUT2D eigenvalue weighted by Gasteiger charge is -2.34. The number of carbonyl (C=O) groups is 2. The molecule has 1 aliphatic heterocycles. The van der Waals surface area contributed by atoms with Crippen molar-refractivity contribution in [2.45, 2.75) is 6.92 Å². The van der Waals surface area contributed by atoms with E-state index in [1.807, 2.05) is 30.3 Å². The quantitative estimate of drug-likeness (QED) is 0.799. The number of ether oxygens (including phenoxy) is 1. The Balaban J connectivity index is 1.34. The number of hydrogen-bond acceptors (Lipinski definition) is 5. The molecular weight excluding hydrogens is 346 g/mol. The van der Waals surface area contributed by atoms with Crippen molar-refractivity contribution in [3.8, 4) is 5.75 Å². The number of para-hydroxylation sites is 1. The van der Waals surface area contributed by atoms with Crippen molar-refractivity contribution in [2.75, 3.05) is 45.9 Å². The minimum atomic E-state index is -0.286. The number of amides is 2. The molecule has 0 radical (unpaired) electrons. The van der Waals surface area contributed by atoms with Crippen LogP contribution in [-0.2, 0) is 4.79 Å². The van der Waals surface area contributed by atoms with Crippen molar-refractivity contribution in [3.05, 3.63) is 54.0 Å². The first kappa shape index (κ1) is 19.0. The summed E-state index contributed by atoms with van der Waals surface area (Å²) in [5.41, 5.74) is 0.464. The minimum absolute atomic E-state index is 0.000567. The van der Waals surface area contributed by atoms with Gasteiger partial charge in [0.15, 0.2) is 0 Å². The Bertz CT molecular complexity index is 752. The van der Waals surface area contributed by atoms with Crippen LogP contribution in [-0.4, -0.2) is 67.5 Å². The fourth-order valence-corrected chi connectivity index (χ4v) is 3.01. The average Bonchev–Trinajstić information content (AvgIpc) is 3.13. The van der Waals surface area contributed by atoms with E-state index in [0.29, 0.717) is 31.0 Å². The summed E-state index contributed by atoms with van der Waals surface area (Å²) in [7, 11) is 0. The third-order valence-electron chi connectivity index (χ3n) is 4.65. The summed E-state index contributed by atoms with van der Waals surface area (Å²) in [5.74, 6) is 1.07. The Morgan fingerprint density at radius 1 is 1.11 bits per heavy atom. The maximum atomic E-state index is 12.3. The normalized spacial score (nSPS) is 14.8. The van der Waals surface area contributed by atoms with E-state index in [-0.39, 0.29) is 18.4 Å². The molecule has 0 saturated carbocycles. The fraction of sp³-hybridized carbons (Fsp3) is 0.400. The maximum Gasteiger partial charge on any atom is 0.255 e. The largest absolute Gasteiger partial charge is 0.492 e. The zero-order chi connectivity index (χ0) is 19.1. The number of nitrogens with zero attached hydrogens (tertiary/aromatic N) is 2. The van der Waals surface area contributed by atoms with Crippen LogP contribution in [0.25, 0.3) is 0 Å². The first-order valence-electron chi connectivity index (χ1n) is 9.14. The van der Waals surface area contributed by atoms with E-state index in [0.717, 1.165) is 25.4 Å². The van der Waals surface area contributed by atoms with Crippen LogP contribution in [0.15, 0.2) is 47.1 Å². The summed E-state index contributed by atoms with van der Waals surface area (Å²) in [6, 6.07) is 11.3. The molecule has 2 aromatic rings. The highest BCUT2D eigenvalue weighted by Crippen LogP contribution is 2.09. The lowest BCUT2D eigenvalue weighted by molar-refractivity contribution is -0.131. The van der Waals surface area contributed by atoms with Gasteiger partial charge in [0, 0.05) is 32.7 Å². The van der Waals surface area contributed by atoms with Crippen LogP contribution < -0.4 is 10.1 Å². The van der Waals surface area contributed by atoms with Crippen molar-refractivity contribution < 1.29 is 18.7 Å². The zero-order valence-electron chi connectivity index (χ0n) is 15.5.